The predicted octanol–water partition coefficient (Wildman–Crippen LogP) is 0.748. The van der Waals surface area contributed by atoms with Gasteiger partial charge in [-0.05, 0) is 35.4 Å². The first-order chi connectivity index (χ1) is 11.5. The van der Waals surface area contributed by atoms with Gasteiger partial charge in [0.25, 0.3) is 5.91 Å². The Kier molecular flexibility index (Phi) is 8.14. The number of rotatable bonds is 4. The number of nitrogens with one attached hydrogen (secondary N) is 1. The van der Waals surface area contributed by atoms with Crippen molar-refractivity contribution in [1.82, 2.24) is 5.43 Å². The molecule has 2 aromatic carbocycles. The first-order valence-electron chi connectivity index (χ1n) is 7.04. The van der Waals surface area contributed by atoms with Gasteiger partial charge >= 0.3 is 5.97 Å². The van der Waals surface area contributed by atoms with Crippen molar-refractivity contribution in [2.45, 2.75) is 13.2 Å². The zero-order chi connectivity index (χ0) is 17.9. The summed E-state index contributed by atoms with van der Waals surface area (Å²) in [4.78, 5) is 21.8. The first-order valence-corrected chi connectivity index (χ1v) is 7.04. The summed E-state index contributed by atoms with van der Waals surface area (Å²) >= 11 is 0. The molecular formula is C17H20N2O5. The second-order valence-corrected chi connectivity index (χ2v) is 4.68. The molecule has 0 bridgehead atoms. The van der Waals surface area contributed by atoms with E-state index in [0.717, 1.165) is 11.1 Å². The van der Waals surface area contributed by atoms with Crippen molar-refractivity contribution in [3.63, 3.8) is 0 Å². The number of hydrazine groups is 1. The van der Waals surface area contributed by atoms with Crippen LogP contribution in [0.2, 0.25) is 0 Å². The van der Waals surface area contributed by atoms with Gasteiger partial charge in [0.1, 0.15) is 0 Å². The second-order valence-electron chi connectivity index (χ2n) is 4.68. The third kappa shape index (κ3) is 5.81. The molecule has 0 heterocycles. The molecule has 0 aliphatic rings. The molecule has 5 N–H and O–H groups in total. The number of hydrogen-bond acceptors (Lipinski definition) is 6. The lowest BCUT2D eigenvalue weighted by atomic mass is 10.1. The van der Waals surface area contributed by atoms with Crippen LogP contribution in [0.3, 0.4) is 0 Å². The van der Waals surface area contributed by atoms with Crippen LogP contribution in [-0.2, 0) is 18.0 Å². The topological polar surface area (TPSA) is 122 Å². The maximum atomic E-state index is 10.9. The molecule has 0 radical (unpaired) electrons. The van der Waals surface area contributed by atoms with E-state index in [1.54, 1.807) is 48.5 Å². The SMILES string of the molecule is COC(=O)c1ccc(CO)cc1.NNC(=O)c1ccc(CO)cc1. The number of hydrogen-bond donors (Lipinski definition) is 4. The van der Waals surface area contributed by atoms with Crippen LogP contribution < -0.4 is 11.3 Å². The molecule has 1 amide bonds. The monoisotopic (exact) mass is 332 g/mol. The van der Waals surface area contributed by atoms with Gasteiger partial charge in [0.05, 0.1) is 25.9 Å². The number of esters is 1. The molecule has 0 atom stereocenters. The van der Waals surface area contributed by atoms with Gasteiger partial charge in [0.15, 0.2) is 0 Å². The number of methoxy groups -OCH3 is 1. The Balaban J connectivity index is 0.000000240. The molecule has 0 aliphatic carbocycles. The highest BCUT2D eigenvalue weighted by atomic mass is 16.5. The number of aliphatic hydroxyl groups is 2. The van der Waals surface area contributed by atoms with Gasteiger partial charge in [-0.3, -0.25) is 10.2 Å². The maximum absolute atomic E-state index is 10.9. The van der Waals surface area contributed by atoms with Crippen LogP contribution in [-0.4, -0.2) is 29.2 Å². The number of aliphatic hydroxyl groups excluding tert-OH is 2. The van der Waals surface area contributed by atoms with E-state index in [4.69, 9.17) is 16.1 Å². The first kappa shape index (κ1) is 19.3. The lowest BCUT2D eigenvalue weighted by Crippen LogP contribution is -2.29. The van der Waals surface area contributed by atoms with Gasteiger partial charge in [-0.1, -0.05) is 24.3 Å². The number of nitrogens with two attached hydrogens (primary N) is 1. The summed E-state index contributed by atoms with van der Waals surface area (Å²) in [5, 5.41) is 17.4. The largest absolute Gasteiger partial charge is 0.465 e. The lowest BCUT2D eigenvalue weighted by Gasteiger charge is -1.99. The lowest BCUT2D eigenvalue weighted by molar-refractivity contribution is 0.0600. The van der Waals surface area contributed by atoms with E-state index in [1.807, 2.05) is 5.43 Å². The Morgan fingerprint density at radius 1 is 0.917 bits per heavy atom. The number of carbonyl (C=O) groups excluding carboxylic acids is 2. The molecule has 128 valence electrons. The van der Waals surface area contributed by atoms with Crippen LogP contribution in [0.5, 0.6) is 0 Å². The minimum absolute atomic E-state index is 0.0124. The Hall–Kier alpha value is -2.74. The molecule has 2 rings (SSSR count). The predicted molar refractivity (Wildman–Crippen MR) is 87.7 cm³/mol. The van der Waals surface area contributed by atoms with E-state index in [-0.39, 0.29) is 25.1 Å². The highest BCUT2D eigenvalue weighted by Gasteiger charge is 2.03. The number of nitrogen functional groups attached to an aromatic ring is 1. The Morgan fingerprint density at radius 3 is 1.67 bits per heavy atom. The molecule has 7 nitrogen and oxygen atoms in total. The summed E-state index contributed by atoms with van der Waals surface area (Å²) in [6.45, 7) is -0.0357. The average Bonchev–Trinajstić information content (AvgIpc) is 2.67. The van der Waals surface area contributed by atoms with Crippen LogP contribution in [0, 0.1) is 0 Å². The van der Waals surface area contributed by atoms with Crippen molar-refractivity contribution in [3.05, 3.63) is 70.8 Å². The zero-order valence-electron chi connectivity index (χ0n) is 13.2. The van der Waals surface area contributed by atoms with E-state index >= 15 is 0 Å². The fraction of sp³-hybridized carbons (Fsp3) is 0.176. The highest BCUT2D eigenvalue weighted by molar-refractivity contribution is 5.93. The van der Waals surface area contributed by atoms with Crippen molar-refractivity contribution in [2.24, 2.45) is 5.84 Å². The Morgan fingerprint density at radius 2 is 1.33 bits per heavy atom. The highest BCUT2D eigenvalue weighted by Crippen LogP contribution is 2.05. The molecule has 7 heteroatoms. The Bertz CT molecular complexity index is 594. The van der Waals surface area contributed by atoms with Crippen LogP contribution in [0.4, 0.5) is 0 Å². The fourth-order valence-electron chi connectivity index (χ4n) is 1.71. The van der Waals surface area contributed by atoms with Gasteiger partial charge in [-0.25, -0.2) is 10.6 Å². The molecule has 0 saturated heterocycles. The van der Waals surface area contributed by atoms with Crippen LogP contribution >= 0.6 is 0 Å². The second kappa shape index (κ2) is 10.1. The average molecular weight is 332 g/mol. The molecule has 2 aromatic rings. The van der Waals surface area contributed by atoms with E-state index in [1.165, 1.54) is 7.11 Å². The number of ether oxygens (including phenoxy) is 1. The van der Waals surface area contributed by atoms with E-state index in [2.05, 4.69) is 4.74 Å². The molecule has 0 aliphatic heterocycles. The van der Waals surface area contributed by atoms with Gasteiger partial charge in [0, 0.05) is 5.56 Å². The minimum atomic E-state index is -0.362. The zero-order valence-corrected chi connectivity index (χ0v) is 13.2. The molecule has 0 aromatic heterocycles. The maximum Gasteiger partial charge on any atom is 0.337 e. The summed E-state index contributed by atoms with van der Waals surface area (Å²) < 4.78 is 4.51. The Labute approximate surface area is 139 Å². The smallest absolute Gasteiger partial charge is 0.337 e. The molecule has 0 saturated carbocycles. The summed E-state index contributed by atoms with van der Waals surface area (Å²) in [5.74, 6) is 4.23. The summed E-state index contributed by atoms with van der Waals surface area (Å²) in [7, 11) is 1.34. The molecule has 24 heavy (non-hydrogen) atoms. The van der Waals surface area contributed by atoms with Crippen molar-refractivity contribution >= 4 is 11.9 Å². The van der Waals surface area contributed by atoms with Crippen molar-refractivity contribution in [3.8, 4) is 0 Å². The normalized spacial score (nSPS) is 9.50. The van der Waals surface area contributed by atoms with Gasteiger partial charge < -0.3 is 14.9 Å². The van der Waals surface area contributed by atoms with Crippen LogP contribution in [0.25, 0.3) is 0 Å². The fourth-order valence-corrected chi connectivity index (χ4v) is 1.71. The van der Waals surface area contributed by atoms with E-state index in [0.29, 0.717) is 11.1 Å². The van der Waals surface area contributed by atoms with E-state index < -0.39 is 0 Å². The molecule has 0 spiro atoms. The molecule has 0 unspecified atom stereocenters. The summed E-state index contributed by atoms with van der Waals surface area (Å²) in [5.41, 5.74) is 4.54. The summed E-state index contributed by atoms with van der Waals surface area (Å²) in [6.07, 6.45) is 0. The number of benzene rings is 2. The molecule has 0 fully saturated rings. The number of carbonyl (C=O) groups is 2. The minimum Gasteiger partial charge on any atom is -0.465 e. The third-order valence-corrected chi connectivity index (χ3v) is 3.09. The van der Waals surface area contributed by atoms with E-state index in [9.17, 15) is 9.59 Å². The molecular weight excluding hydrogens is 312 g/mol. The van der Waals surface area contributed by atoms with Crippen molar-refractivity contribution in [1.29, 1.82) is 0 Å². The van der Waals surface area contributed by atoms with Gasteiger partial charge in [-0.15, -0.1) is 0 Å². The number of amides is 1. The summed E-state index contributed by atoms with van der Waals surface area (Å²) in [6, 6.07) is 13.2. The van der Waals surface area contributed by atoms with Crippen LogP contribution in [0.1, 0.15) is 31.8 Å². The third-order valence-electron chi connectivity index (χ3n) is 3.09. The standard InChI is InChI=1S/C9H10O3.C8H10N2O2/c1-12-9(11)8-4-2-7(6-10)3-5-8;9-10-8(12)7-3-1-6(5-11)2-4-7/h2-5,10H,6H2,1H3;1-4,11H,5,9H2,(H,10,12). The van der Waals surface area contributed by atoms with Crippen molar-refractivity contribution < 1.29 is 24.5 Å². The van der Waals surface area contributed by atoms with Crippen molar-refractivity contribution in [2.75, 3.05) is 7.11 Å². The van der Waals surface area contributed by atoms with Gasteiger partial charge in [-0.2, -0.15) is 0 Å². The quantitative estimate of drug-likeness (QED) is 0.284. The van der Waals surface area contributed by atoms with Gasteiger partial charge in [0.2, 0.25) is 0 Å². The van der Waals surface area contributed by atoms with Crippen LogP contribution in [0.15, 0.2) is 48.5 Å².